The minimum absolute atomic E-state index is 0.0375. The molecule has 0 bridgehead atoms. The number of furan rings is 1. The van der Waals surface area contributed by atoms with E-state index in [9.17, 15) is 4.79 Å². The van der Waals surface area contributed by atoms with Crippen molar-refractivity contribution in [3.8, 4) is 0 Å². The summed E-state index contributed by atoms with van der Waals surface area (Å²) in [4.78, 5) is 14.3. The Morgan fingerprint density at radius 1 is 1.33 bits per heavy atom. The lowest BCUT2D eigenvalue weighted by Crippen LogP contribution is -2.30. The molecule has 0 unspecified atom stereocenters. The average Bonchev–Trinajstić information content (AvgIpc) is 3.18. The van der Waals surface area contributed by atoms with Gasteiger partial charge in [-0.3, -0.25) is 4.79 Å². The van der Waals surface area contributed by atoms with Gasteiger partial charge in [-0.05, 0) is 18.9 Å². The van der Waals surface area contributed by atoms with Gasteiger partial charge in [-0.15, -0.1) is 0 Å². The number of nitrogens with zero attached hydrogens (tertiary/aromatic N) is 3. The molecule has 1 aliphatic rings. The molecule has 0 amide bonds. The monoisotopic (exact) mass is 288 g/mol. The van der Waals surface area contributed by atoms with Crippen LogP contribution in [0.15, 0.2) is 40.1 Å². The van der Waals surface area contributed by atoms with Crippen molar-refractivity contribution in [3.63, 3.8) is 0 Å². The topological polar surface area (TPSA) is 63.3 Å². The van der Waals surface area contributed by atoms with Gasteiger partial charge in [-0.2, -0.15) is 5.10 Å². The normalized spacial score (nSPS) is 14.8. The largest absolute Gasteiger partial charge is 0.472 e. The molecule has 1 N–H and O–H groups in total. The highest BCUT2D eigenvalue weighted by atomic mass is 16.3. The molecular formula is C15H20N4O2. The predicted octanol–water partition coefficient (Wildman–Crippen LogP) is 1.23. The molecular weight excluding hydrogens is 268 g/mol. The second-order valence-electron chi connectivity index (χ2n) is 5.28. The minimum Gasteiger partial charge on any atom is -0.472 e. The van der Waals surface area contributed by atoms with Crippen LogP contribution in [0.25, 0.3) is 0 Å². The lowest BCUT2D eigenvalue weighted by molar-refractivity contribution is 0.526. The zero-order valence-electron chi connectivity index (χ0n) is 12.0. The molecule has 1 aliphatic heterocycles. The van der Waals surface area contributed by atoms with E-state index in [0.29, 0.717) is 13.1 Å². The van der Waals surface area contributed by atoms with E-state index in [4.69, 9.17) is 4.42 Å². The molecule has 3 rings (SSSR count). The predicted molar refractivity (Wildman–Crippen MR) is 80.4 cm³/mol. The summed E-state index contributed by atoms with van der Waals surface area (Å²) < 4.78 is 6.50. The quantitative estimate of drug-likeness (QED) is 0.810. The van der Waals surface area contributed by atoms with Crippen LogP contribution in [0.4, 0.5) is 5.69 Å². The molecule has 0 aliphatic carbocycles. The van der Waals surface area contributed by atoms with Crippen molar-refractivity contribution in [2.45, 2.75) is 25.9 Å². The lowest BCUT2D eigenvalue weighted by Gasteiger charge is -2.17. The molecule has 0 saturated carbocycles. The molecule has 0 atom stereocenters. The van der Waals surface area contributed by atoms with E-state index in [2.05, 4.69) is 15.3 Å². The molecule has 1 saturated heterocycles. The zero-order chi connectivity index (χ0) is 14.5. The third-order valence-corrected chi connectivity index (χ3v) is 3.74. The first-order valence-electron chi connectivity index (χ1n) is 7.37. The Morgan fingerprint density at radius 3 is 2.90 bits per heavy atom. The van der Waals surface area contributed by atoms with Crippen LogP contribution in [-0.2, 0) is 13.1 Å². The smallest absolute Gasteiger partial charge is 0.268 e. The van der Waals surface area contributed by atoms with Gasteiger partial charge in [0.25, 0.3) is 5.56 Å². The second kappa shape index (κ2) is 6.58. The summed E-state index contributed by atoms with van der Waals surface area (Å²) in [5.74, 6) is 0. The molecule has 2 aromatic rings. The lowest BCUT2D eigenvalue weighted by atomic mass is 10.3. The number of hydrogen-bond acceptors (Lipinski definition) is 5. The number of aromatic nitrogens is 2. The van der Waals surface area contributed by atoms with Crippen LogP contribution in [0.5, 0.6) is 0 Å². The standard InChI is InChI=1S/C15H20N4O2/c20-15-9-14(18-5-1-2-6-18)11-17-19(15)7-4-16-10-13-3-8-21-12-13/h3,8-9,11-12,16H,1-2,4-7,10H2. The van der Waals surface area contributed by atoms with E-state index in [1.807, 2.05) is 6.07 Å². The number of anilines is 1. The molecule has 2 aromatic heterocycles. The third-order valence-electron chi connectivity index (χ3n) is 3.74. The van der Waals surface area contributed by atoms with E-state index in [-0.39, 0.29) is 5.56 Å². The van der Waals surface area contributed by atoms with E-state index < -0.39 is 0 Å². The van der Waals surface area contributed by atoms with Gasteiger partial charge in [-0.1, -0.05) is 0 Å². The first kappa shape index (κ1) is 13.9. The van der Waals surface area contributed by atoms with Gasteiger partial charge in [0.2, 0.25) is 0 Å². The summed E-state index contributed by atoms with van der Waals surface area (Å²) in [7, 11) is 0. The van der Waals surface area contributed by atoms with Gasteiger partial charge in [0.15, 0.2) is 0 Å². The molecule has 1 fully saturated rings. The van der Waals surface area contributed by atoms with Crippen molar-refractivity contribution in [1.82, 2.24) is 15.1 Å². The van der Waals surface area contributed by atoms with Gasteiger partial charge in [-0.25, -0.2) is 4.68 Å². The summed E-state index contributed by atoms with van der Waals surface area (Å²) in [5.41, 5.74) is 2.00. The van der Waals surface area contributed by atoms with Crippen LogP contribution in [0.2, 0.25) is 0 Å². The Labute approximate surface area is 123 Å². The van der Waals surface area contributed by atoms with Gasteiger partial charge in [0, 0.05) is 37.8 Å². The van der Waals surface area contributed by atoms with Crippen molar-refractivity contribution in [2.24, 2.45) is 0 Å². The van der Waals surface area contributed by atoms with Crippen LogP contribution < -0.4 is 15.8 Å². The molecule has 112 valence electrons. The molecule has 6 nitrogen and oxygen atoms in total. The molecule has 0 radical (unpaired) electrons. The maximum Gasteiger partial charge on any atom is 0.268 e. The molecule has 6 heteroatoms. The van der Waals surface area contributed by atoms with Gasteiger partial charge in [0.1, 0.15) is 0 Å². The fraction of sp³-hybridized carbons (Fsp3) is 0.467. The van der Waals surface area contributed by atoms with Crippen molar-refractivity contribution in [1.29, 1.82) is 0 Å². The number of hydrogen-bond donors (Lipinski definition) is 1. The van der Waals surface area contributed by atoms with Crippen LogP contribution in [0.3, 0.4) is 0 Å². The highest BCUT2D eigenvalue weighted by molar-refractivity contribution is 5.43. The molecule has 0 spiro atoms. The van der Waals surface area contributed by atoms with Crippen LogP contribution in [0, 0.1) is 0 Å². The van der Waals surface area contributed by atoms with E-state index >= 15 is 0 Å². The highest BCUT2D eigenvalue weighted by Gasteiger charge is 2.13. The van der Waals surface area contributed by atoms with Crippen LogP contribution in [0.1, 0.15) is 18.4 Å². The summed E-state index contributed by atoms with van der Waals surface area (Å²) in [5, 5.41) is 7.52. The number of rotatable bonds is 6. The minimum atomic E-state index is -0.0375. The Hall–Kier alpha value is -2.08. The summed E-state index contributed by atoms with van der Waals surface area (Å²) >= 11 is 0. The summed E-state index contributed by atoms with van der Waals surface area (Å²) in [6.45, 7) is 4.05. The van der Waals surface area contributed by atoms with E-state index in [0.717, 1.165) is 30.9 Å². The Morgan fingerprint density at radius 2 is 2.19 bits per heavy atom. The second-order valence-corrected chi connectivity index (χ2v) is 5.28. The van der Waals surface area contributed by atoms with Crippen LogP contribution in [-0.4, -0.2) is 29.4 Å². The summed E-state index contributed by atoms with van der Waals surface area (Å²) in [6.07, 6.45) is 7.55. The van der Waals surface area contributed by atoms with E-state index in [1.54, 1.807) is 24.8 Å². The SMILES string of the molecule is O=c1cc(N2CCCC2)cnn1CCNCc1ccoc1. The van der Waals surface area contributed by atoms with Crippen LogP contribution >= 0.6 is 0 Å². The fourth-order valence-electron chi connectivity index (χ4n) is 2.55. The van der Waals surface area contributed by atoms with Crippen molar-refractivity contribution < 1.29 is 4.42 Å². The van der Waals surface area contributed by atoms with E-state index in [1.165, 1.54) is 17.5 Å². The zero-order valence-corrected chi connectivity index (χ0v) is 12.0. The fourth-order valence-corrected chi connectivity index (χ4v) is 2.55. The maximum absolute atomic E-state index is 12.1. The molecule has 0 aromatic carbocycles. The first-order chi connectivity index (χ1) is 10.3. The summed E-state index contributed by atoms with van der Waals surface area (Å²) in [6, 6.07) is 3.61. The average molecular weight is 288 g/mol. The first-order valence-corrected chi connectivity index (χ1v) is 7.37. The van der Waals surface area contributed by atoms with Gasteiger partial charge < -0.3 is 14.6 Å². The molecule has 3 heterocycles. The Bertz CT molecular complexity index is 615. The third kappa shape index (κ3) is 3.52. The van der Waals surface area contributed by atoms with Crippen molar-refractivity contribution in [3.05, 3.63) is 46.8 Å². The maximum atomic E-state index is 12.1. The van der Waals surface area contributed by atoms with Crippen molar-refractivity contribution in [2.75, 3.05) is 24.5 Å². The highest BCUT2D eigenvalue weighted by Crippen LogP contribution is 2.16. The number of nitrogens with one attached hydrogen (secondary N) is 1. The van der Waals surface area contributed by atoms with Crippen molar-refractivity contribution >= 4 is 5.69 Å². The molecule has 21 heavy (non-hydrogen) atoms. The van der Waals surface area contributed by atoms with Gasteiger partial charge >= 0.3 is 0 Å². The van der Waals surface area contributed by atoms with Gasteiger partial charge in [0.05, 0.1) is 31.0 Å². The Balaban J connectivity index is 1.52. The Kier molecular flexibility index (Phi) is 4.35.